The third-order valence-electron chi connectivity index (χ3n) is 3.65. The van der Waals surface area contributed by atoms with Crippen LogP contribution in [0.25, 0.3) is 0 Å². The van der Waals surface area contributed by atoms with E-state index in [4.69, 9.17) is 10.8 Å². The van der Waals surface area contributed by atoms with Crippen molar-refractivity contribution in [1.29, 1.82) is 0 Å². The molecule has 0 unspecified atom stereocenters. The zero-order valence-corrected chi connectivity index (χ0v) is 14.1. The highest BCUT2D eigenvalue weighted by Gasteiger charge is 2.16. The van der Waals surface area contributed by atoms with Gasteiger partial charge >= 0.3 is 5.97 Å². The molecule has 0 aliphatic rings. The molecule has 0 saturated carbocycles. The largest absolute Gasteiger partial charge is 0.480 e. The van der Waals surface area contributed by atoms with E-state index >= 15 is 0 Å². The number of aliphatic carboxylic acids is 1. The molecule has 0 saturated heterocycles. The molecular weight excluding hydrogens is 328 g/mol. The minimum absolute atomic E-state index is 0.155. The van der Waals surface area contributed by atoms with Crippen LogP contribution in [0.5, 0.6) is 0 Å². The summed E-state index contributed by atoms with van der Waals surface area (Å²) in [6.45, 7) is 1.90. The van der Waals surface area contributed by atoms with Crippen LogP contribution in [-0.2, 0) is 27.8 Å². The van der Waals surface area contributed by atoms with Gasteiger partial charge in [-0.15, -0.1) is 0 Å². The van der Waals surface area contributed by atoms with E-state index in [2.05, 4.69) is 4.72 Å². The summed E-state index contributed by atoms with van der Waals surface area (Å²) in [5.41, 5.74) is 7.74. The summed E-state index contributed by atoms with van der Waals surface area (Å²) in [5.74, 6) is -1.05. The van der Waals surface area contributed by atoms with Crippen molar-refractivity contribution in [3.63, 3.8) is 0 Å². The van der Waals surface area contributed by atoms with Crippen LogP contribution in [0, 0.1) is 6.92 Å². The Bertz CT molecular complexity index is 817. The van der Waals surface area contributed by atoms with Crippen molar-refractivity contribution in [2.75, 3.05) is 0 Å². The van der Waals surface area contributed by atoms with Gasteiger partial charge in [0.15, 0.2) is 0 Å². The Kier molecular flexibility index (Phi) is 5.71. The van der Waals surface area contributed by atoms with Gasteiger partial charge in [-0.25, -0.2) is 13.1 Å². The Balaban J connectivity index is 2.02. The smallest absolute Gasteiger partial charge is 0.320 e. The Morgan fingerprint density at radius 2 is 1.71 bits per heavy atom. The molecule has 0 fully saturated rings. The standard InChI is InChI=1S/C17H20N2O4S/c1-12-4-2-3-5-16(12)24(22,23)19-11-14-8-6-13(7-9-14)10-15(18)17(20)21/h2-9,15,19H,10-11,18H2,1H3,(H,20,21)/t15-/m0/s1. The molecule has 0 aliphatic heterocycles. The number of carboxylic acid groups (broad SMARTS) is 1. The van der Waals surface area contributed by atoms with Crippen LogP contribution in [0.15, 0.2) is 53.4 Å². The summed E-state index contributed by atoms with van der Waals surface area (Å²) in [5, 5.41) is 8.80. The second kappa shape index (κ2) is 7.57. The van der Waals surface area contributed by atoms with Crippen LogP contribution in [0.3, 0.4) is 0 Å². The van der Waals surface area contributed by atoms with Gasteiger partial charge in [0, 0.05) is 6.54 Å². The number of carbonyl (C=O) groups is 1. The van der Waals surface area contributed by atoms with Crippen molar-refractivity contribution < 1.29 is 18.3 Å². The first-order chi connectivity index (χ1) is 11.3. The molecule has 0 spiro atoms. The van der Waals surface area contributed by atoms with Crippen LogP contribution >= 0.6 is 0 Å². The number of hydrogen-bond acceptors (Lipinski definition) is 4. The molecule has 0 aromatic heterocycles. The van der Waals surface area contributed by atoms with Crippen molar-refractivity contribution in [3.8, 4) is 0 Å². The third-order valence-corrected chi connectivity index (χ3v) is 5.21. The molecule has 128 valence electrons. The second-order valence-corrected chi connectivity index (χ2v) is 7.29. The normalized spacial score (nSPS) is 12.8. The summed E-state index contributed by atoms with van der Waals surface area (Å²) in [6.07, 6.45) is 0.227. The van der Waals surface area contributed by atoms with Gasteiger partial charge in [0.1, 0.15) is 6.04 Å². The third kappa shape index (κ3) is 4.64. The first-order valence-corrected chi connectivity index (χ1v) is 8.89. The van der Waals surface area contributed by atoms with E-state index in [1.165, 1.54) is 0 Å². The second-order valence-electron chi connectivity index (χ2n) is 5.56. The van der Waals surface area contributed by atoms with E-state index in [-0.39, 0.29) is 17.9 Å². The monoisotopic (exact) mass is 348 g/mol. The Morgan fingerprint density at radius 1 is 1.12 bits per heavy atom. The lowest BCUT2D eigenvalue weighted by Crippen LogP contribution is -2.32. The maximum absolute atomic E-state index is 12.3. The molecule has 24 heavy (non-hydrogen) atoms. The van der Waals surface area contributed by atoms with Crippen LogP contribution in [0.4, 0.5) is 0 Å². The zero-order chi connectivity index (χ0) is 17.7. The molecule has 4 N–H and O–H groups in total. The number of nitrogens with two attached hydrogens (primary N) is 1. The molecule has 6 nitrogen and oxygen atoms in total. The fourth-order valence-electron chi connectivity index (χ4n) is 2.25. The fourth-order valence-corrected chi connectivity index (χ4v) is 3.51. The molecule has 2 aromatic rings. The number of benzene rings is 2. The van der Waals surface area contributed by atoms with E-state index in [0.717, 1.165) is 11.1 Å². The van der Waals surface area contributed by atoms with E-state index < -0.39 is 22.0 Å². The van der Waals surface area contributed by atoms with E-state index in [1.54, 1.807) is 55.5 Å². The highest BCUT2D eigenvalue weighted by molar-refractivity contribution is 7.89. The maximum atomic E-state index is 12.3. The minimum Gasteiger partial charge on any atom is -0.480 e. The number of sulfonamides is 1. The van der Waals surface area contributed by atoms with Crippen molar-refractivity contribution >= 4 is 16.0 Å². The van der Waals surface area contributed by atoms with Crippen molar-refractivity contribution in [2.45, 2.75) is 30.8 Å². The summed E-state index contributed by atoms with van der Waals surface area (Å²) >= 11 is 0. The average Bonchev–Trinajstić information content (AvgIpc) is 2.54. The Morgan fingerprint density at radius 3 is 2.29 bits per heavy atom. The predicted molar refractivity (Wildman–Crippen MR) is 91.0 cm³/mol. The molecule has 2 aromatic carbocycles. The van der Waals surface area contributed by atoms with Crippen molar-refractivity contribution in [2.24, 2.45) is 5.73 Å². The first kappa shape index (κ1) is 18.1. The number of rotatable bonds is 7. The lowest BCUT2D eigenvalue weighted by atomic mass is 10.0. The van der Waals surface area contributed by atoms with E-state index in [0.29, 0.717) is 5.56 Å². The van der Waals surface area contributed by atoms with Gasteiger partial charge in [-0.05, 0) is 36.1 Å². The molecule has 0 amide bonds. The number of nitrogens with one attached hydrogen (secondary N) is 1. The quantitative estimate of drug-likeness (QED) is 0.701. The van der Waals surface area contributed by atoms with Gasteiger partial charge in [-0.1, -0.05) is 42.5 Å². The number of aryl methyl sites for hydroxylation is 1. The van der Waals surface area contributed by atoms with Gasteiger partial charge in [-0.2, -0.15) is 0 Å². The molecule has 0 aliphatic carbocycles. The molecular formula is C17H20N2O4S. The number of carboxylic acids is 1. The van der Waals surface area contributed by atoms with Gasteiger partial charge in [-0.3, -0.25) is 4.79 Å². The van der Waals surface area contributed by atoms with Crippen molar-refractivity contribution in [3.05, 3.63) is 65.2 Å². The lowest BCUT2D eigenvalue weighted by Gasteiger charge is -2.10. The zero-order valence-electron chi connectivity index (χ0n) is 13.3. The van der Waals surface area contributed by atoms with E-state index in [9.17, 15) is 13.2 Å². The molecule has 7 heteroatoms. The van der Waals surface area contributed by atoms with Crippen LogP contribution < -0.4 is 10.5 Å². The summed E-state index contributed by atoms with van der Waals surface area (Å²) in [7, 11) is -3.58. The molecule has 0 radical (unpaired) electrons. The molecule has 0 bridgehead atoms. The van der Waals surface area contributed by atoms with Crippen LogP contribution in [0.2, 0.25) is 0 Å². The predicted octanol–water partition coefficient (Wildman–Crippen LogP) is 1.43. The molecule has 1 atom stereocenters. The van der Waals surface area contributed by atoms with Crippen molar-refractivity contribution in [1.82, 2.24) is 4.72 Å². The highest BCUT2D eigenvalue weighted by Crippen LogP contribution is 2.14. The topological polar surface area (TPSA) is 109 Å². The molecule has 2 rings (SSSR count). The Hall–Kier alpha value is -2.22. The van der Waals surface area contributed by atoms with Gasteiger partial charge in [0.05, 0.1) is 4.90 Å². The number of hydrogen-bond donors (Lipinski definition) is 3. The molecule has 0 heterocycles. The fraction of sp³-hybridized carbons (Fsp3) is 0.235. The lowest BCUT2D eigenvalue weighted by molar-refractivity contribution is -0.138. The van der Waals surface area contributed by atoms with E-state index in [1.807, 2.05) is 0 Å². The Labute approximate surface area is 141 Å². The van der Waals surface area contributed by atoms with Gasteiger partial charge < -0.3 is 10.8 Å². The van der Waals surface area contributed by atoms with Crippen LogP contribution in [0.1, 0.15) is 16.7 Å². The average molecular weight is 348 g/mol. The summed E-state index contributed by atoms with van der Waals surface area (Å²) in [4.78, 5) is 11.0. The SMILES string of the molecule is Cc1ccccc1S(=O)(=O)NCc1ccc(C[C@H](N)C(=O)O)cc1. The summed E-state index contributed by atoms with van der Waals surface area (Å²) in [6, 6.07) is 12.8. The van der Waals surface area contributed by atoms with Gasteiger partial charge in [0.2, 0.25) is 10.0 Å². The maximum Gasteiger partial charge on any atom is 0.320 e. The van der Waals surface area contributed by atoms with Crippen LogP contribution in [-0.4, -0.2) is 25.5 Å². The summed E-state index contributed by atoms with van der Waals surface area (Å²) < 4.78 is 27.2. The highest BCUT2D eigenvalue weighted by atomic mass is 32.2. The first-order valence-electron chi connectivity index (χ1n) is 7.41. The minimum atomic E-state index is -3.58. The van der Waals surface area contributed by atoms with Gasteiger partial charge in [0.25, 0.3) is 0 Å².